The maximum Gasteiger partial charge on any atom is 0.255 e. The second-order valence-corrected chi connectivity index (χ2v) is 5.67. The zero-order valence-electron chi connectivity index (χ0n) is 12.9. The van der Waals surface area contributed by atoms with Gasteiger partial charge in [-0.3, -0.25) is 4.79 Å². The van der Waals surface area contributed by atoms with Crippen LogP contribution >= 0.6 is 0 Å². The predicted molar refractivity (Wildman–Crippen MR) is 89.0 cm³/mol. The number of hydrogen-bond donors (Lipinski definition) is 1. The lowest BCUT2D eigenvalue weighted by Gasteiger charge is -2.17. The minimum atomic E-state index is -0.0917. The van der Waals surface area contributed by atoms with Crippen molar-refractivity contribution in [3.05, 3.63) is 53.6 Å². The number of nitrogens with one attached hydrogen (secondary N) is 1. The molecule has 3 rings (SSSR count). The van der Waals surface area contributed by atoms with Crippen molar-refractivity contribution in [2.75, 3.05) is 30.9 Å². The van der Waals surface area contributed by atoms with Crippen LogP contribution in [0.5, 0.6) is 5.75 Å². The first kappa shape index (κ1) is 14.4. The summed E-state index contributed by atoms with van der Waals surface area (Å²) in [7, 11) is 3.98. The quantitative estimate of drug-likeness (QED) is 0.944. The molecule has 1 heterocycles. The highest BCUT2D eigenvalue weighted by Gasteiger charge is 2.14. The van der Waals surface area contributed by atoms with E-state index in [4.69, 9.17) is 4.74 Å². The summed E-state index contributed by atoms with van der Waals surface area (Å²) in [5.74, 6) is 0.809. The van der Waals surface area contributed by atoms with Gasteiger partial charge in [-0.2, -0.15) is 0 Å². The van der Waals surface area contributed by atoms with Crippen molar-refractivity contribution in [1.82, 2.24) is 0 Å². The maximum atomic E-state index is 12.4. The van der Waals surface area contributed by atoms with Crippen LogP contribution in [0.3, 0.4) is 0 Å². The van der Waals surface area contributed by atoms with Crippen molar-refractivity contribution in [3.63, 3.8) is 0 Å². The van der Waals surface area contributed by atoms with E-state index in [1.54, 1.807) is 0 Å². The third-order valence-corrected chi connectivity index (χ3v) is 3.81. The Balaban J connectivity index is 1.74. The smallest absolute Gasteiger partial charge is 0.255 e. The summed E-state index contributed by atoms with van der Waals surface area (Å²) >= 11 is 0. The van der Waals surface area contributed by atoms with Crippen molar-refractivity contribution >= 4 is 17.3 Å². The molecule has 0 saturated heterocycles. The van der Waals surface area contributed by atoms with E-state index >= 15 is 0 Å². The molecule has 2 aromatic carbocycles. The van der Waals surface area contributed by atoms with Crippen LogP contribution in [0.2, 0.25) is 0 Å². The van der Waals surface area contributed by atoms with Gasteiger partial charge in [0.25, 0.3) is 5.91 Å². The number of fused-ring (bicyclic) bond motifs is 1. The third kappa shape index (κ3) is 3.06. The third-order valence-electron chi connectivity index (χ3n) is 3.81. The van der Waals surface area contributed by atoms with E-state index in [-0.39, 0.29) is 5.91 Å². The van der Waals surface area contributed by atoms with E-state index in [9.17, 15) is 4.79 Å². The van der Waals surface area contributed by atoms with Crippen LogP contribution in [-0.2, 0) is 6.42 Å². The van der Waals surface area contributed by atoms with E-state index in [1.165, 1.54) is 0 Å². The van der Waals surface area contributed by atoms with Crippen LogP contribution in [0.25, 0.3) is 0 Å². The number of hydrogen-bond acceptors (Lipinski definition) is 3. The highest BCUT2D eigenvalue weighted by molar-refractivity contribution is 6.04. The van der Waals surface area contributed by atoms with Gasteiger partial charge < -0.3 is 15.0 Å². The summed E-state index contributed by atoms with van der Waals surface area (Å²) in [5.41, 5.74) is 3.68. The van der Waals surface area contributed by atoms with Gasteiger partial charge in [-0.25, -0.2) is 0 Å². The van der Waals surface area contributed by atoms with E-state index in [1.807, 2.05) is 61.5 Å². The normalized spacial score (nSPS) is 13.0. The van der Waals surface area contributed by atoms with Crippen LogP contribution in [0.15, 0.2) is 42.5 Å². The molecule has 0 spiro atoms. The van der Waals surface area contributed by atoms with Gasteiger partial charge in [0.2, 0.25) is 0 Å². The zero-order valence-corrected chi connectivity index (χ0v) is 12.9. The summed E-state index contributed by atoms with van der Waals surface area (Å²) in [6, 6.07) is 13.4. The molecule has 0 aromatic heterocycles. The van der Waals surface area contributed by atoms with E-state index < -0.39 is 0 Å². The molecular weight excluding hydrogens is 276 g/mol. The summed E-state index contributed by atoms with van der Waals surface area (Å²) in [6.07, 6.45) is 1.97. The fourth-order valence-corrected chi connectivity index (χ4v) is 2.55. The Morgan fingerprint density at radius 1 is 1.14 bits per heavy atom. The van der Waals surface area contributed by atoms with Crippen molar-refractivity contribution in [1.29, 1.82) is 0 Å². The van der Waals surface area contributed by atoms with Gasteiger partial charge in [-0.05, 0) is 60.9 Å². The molecule has 2 aromatic rings. The lowest BCUT2D eigenvalue weighted by atomic mass is 10.0. The number of anilines is 2. The van der Waals surface area contributed by atoms with E-state index in [0.29, 0.717) is 5.56 Å². The number of amides is 1. The average molecular weight is 296 g/mol. The summed E-state index contributed by atoms with van der Waals surface area (Å²) in [6.45, 7) is 0.761. The Bertz CT molecular complexity index is 678. The molecule has 0 unspecified atom stereocenters. The minimum absolute atomic E-state index is 0.0917. The highest BCUT2D eigenvalue weighted by Crippen LogP contribution is 2.26. The van der Waals surface area contributed by atoms with Gasteiger partial charge >= 0.3 is 0 Å². The van der Waals surface area contributed by atoms with Gasteiger partial charge in [-0.1, -0.05) is 0 Å². The molecule has 0 atom stereocenters. The molecule has 1 aliphatic heterocycles. The fourth-order valence-electron chi connectivity index (χ4n) is 2.55. The first-order valence-electron chi connectivity index (χ1n) is 7.48. The maximum absolute atomic E-state index is 12.4. The molecule has 4 heteroatoms. The van der Waals surface area contributed by atoms with Crippen molar-refractivity contribution < 1.29 is 9.53 Å². The van der Waals surface area contributed by atoms with Gasteiger partial charge in [0, 0.05) is 31.0 Å². The molecule has 1 N–H and O–H groups in total. The highest BCUT2D eigenvalue weighted by atomic mass is 16.5. The molecular formula is C18H20N2O2. The number of carbonyl (C=O) groups excluding carboxylic acids is 1. The van der Waals surface area contributed by atoms with Crippen LogP contribution in [0.4, 0.5) is 11.4 Å². The molecule has 1 amide bonds. The lowest BCUT2D eigenvalue weighted by Crippen LogP contribution is -2.14. The Morgan fingerprint density at radius 2 is 1.91 bits per heavy atom. The lowest BCUT2D eigenvalue weighted by molar-refractivity contribution is 0.102. The van der Waals surface area contributed by atoms with Crippen molar-refractivity contribution in [2.45, 2.75) is 12.8 Å². The fraction of sp³-hybridized carbons (Fsp3) is 0.278. The van der Waals surface area contributed by atoms with Gasteiger partial charge in [-0.15, -0.1) is 0 Å². The predicted octanol–water partition coefficient (Wildman–Crippen LogP) is 3.33. The molecule has 1 aliphatic rings. The van der Waals surface area contributed by atoms with Crippen LogP contribution in [0, 0.1) is 0 Å². The molecule has 0 radical (unpaired) electrons. The molecule has 114 valence electrons. The summed E-state index contributed by atoms with van der Waals surface area (Å²) < 4.78 is 5.58. The number of rotatable bonds is 3. The average Bonchev–Trinajstić information content (AvgIpc) is 2.55. The molecule has 0 saturated carbocycles. The van der Waals surface area contributed by atoms with Crippen LogP contribution in [-0.4, -0.2) is 26.6 Å². The number of ether oxygens (including phenoxy) is 1. The van der Waals surface area contributed by atoms with Gasteiger partial charge in [0.05, 0.1) is 6.61 Å². The monoisotopic (exact) mass is 296 g/mol. The van der Waals surface area contributed by atoms with E-state index in [0.717, 1.165) is 42.1 Å². The Morgan fingerprint density at radius 3 is 2.64 bits per heavy atom. The topological polar surface area (TPSA) is 41.6 Å². The number of carbonyl (C=O) groups is 1. The van der Waals surface area contributed by atoms with Gasteiger partial charge in [0.15, 0.2) is 0 Å². The van der Waals surface area contributed by atoms with E-state index in [2.05, 4.69) is 5.32 Å². The Hall–Kier alpha value is -2.49. The minimum Gasteiger partial charge on any atom is -0.493 e. The van der Waals surface area contributed by atoms with Crippen LogP contribution in [0.1, 0.15) is 22.3 Å². The zero-order chi connectivity index (χ0) is 15.5. The van der Waals surface area contributed by atoms with Gasteiger partial charge in [0.1, 0.15) is 5.75 Å². The standard InChI is InChI=1S/C18H20N2O2/c1-20(2)16-8-6-15(7-9-16)19-18(21)14-5-10-17-13(12-14)4-3-11-22-17/h5-10,12H,3-4,11H2,1-2H3,(H,19,21). The molecule has 22 heavy (non-hydrogen) atoms. The molecule has 0 aliphatic carbocycles. The van der Waals surface area contributed by atoms with Crippen molar-refractivity contribution in [2.24, 2.45) is 0 Å². The number of aryl methyl sites for hydroxylation is 1. The molecule has 4 nitrogen and oxygen atoms in total. The second kappa shape index (κ2) is 6.10. The summed E-state index contributed by atoms with van der Waals surface area (Å²) in [4.78, 5) is 14.4. The first-order valence-corrected chi connectivity index (χ1v) is 7.48. The molecule has 0 bridgehead atoms. The van der Waals surface area contributed by atoms with Crippen molar-refractivity contribution in [3.8, 4) is 5.75 Å². The number of nitrogens with zero attached hydrogens (tertiary/aromatic N) is 1. The van der Waals surface area contributed by atoms with Crippen LogP contribution < -0.4 is 15.0 Å². The SMILES string of the molecule is CN(C)c1ccc(NC(=O)c2ccc3c(c2)CCCO3)cc1. The Kier molecular flexibility index (Phi) is 4.00. The Labute approximate surface area is 130 Å². The molecule has 0 fully saturated rings. The number of benzene rings is 2. The summed E-state index contributed by atoms with van der Waals surface area (Å²) in [5, 5.41) is 2.93. The second-order valence-electron chi connectivity index (χ2n) is 5.67. The largest absolute Gasteiger partial charge is 0.493 e. The first-order chi connectivity index (χ1) is 10.6.